The van der Waals surface area contributed by atoms with Crippen LogP contribution in [0.5, 0.6) is 0 Å². The van der Waals surface area contributed by atoms with Gasteiger partial charge in [-0.15, -0.1) is 0 Å². The van der Waals surface area contributed by atoms with Crippen molar-refractivity contribution in [1.82, 2.24) is 4.90 Å². The summed E-state index contributed by atoms with van der Waals surface area (Å²) in [5.41, 5.74) is 0.669. The number of aliphatic imine (C=N–C) groups is 1. The Hall–Kier alpha value is -2.09. The van der Waals surface area contributed by atoms with E-state index in [1.807, 2.05) is 4.90 Å². The van der Waals surface area contributed by atoms with E-state index < -0.39 is 11.0 Å². The molecule has 1 amide bonds. The Kier molecular flexibility index (Phi) is 5.37. The molecule has 0 N–H and O–H groups in total. The lowest BCUT2D eigenvalue weighted by Gasteiger charge is -2.16. The lowest BCUT2D eigenvalue weighted by atomic mass is 10.2. The molecule has 2 rings (SSSR count). The monoisotopic (exact) mass is 323 g/mol. The van der Waals surface area contributed by atoms with Crippen LogP contribution in [0.15, 0.2) is 29.3 Å². The molecule has 0 aliphatic carbocycles. The molecule has 0 unspecified atom stereocenters. The fraction of sp³-hybridized carbons (Fsp3) is 0.429. The summed E-state index contributed by atoms with van der Waals surface area (Å²) in [4.78, 5) is 27.6. The maximum Gasteiger partial charge on any atom is 0.435 e. The van der Waals surface area contributed by atoms with Gasteiger partial charge in [-0.3, -0.25) is 10.1 Å². The van der Waals surface area contributed by atoms with E-state index >= 15 is 0 Å². The van der Waals surface area contributed by atoms with Gasteiger partial charge in [0.15, 0.2) is 0 Å². The number of benzene rings is 1. The highest BCUT2D eigenvalue weighted by molar-refractivity contribution is 7.81. The van der Waals surface area contributed by atoms with Crippen LogP contribution in [0.1, 0.15) is 18.9 Å². The molecule has 1 aliphatic rings. The van der Waals surface area contributed by atoms with E-state index in [4.69, 9.17) is 4.74 Å². The van der Waals surface area contributed by atoms with Crippen LogP contribution in [0, 0.1) is 10.1 Å². The second-order valence-electron chi connectivity index (χ2n) is 5.03. The third kappa shape index (κ3) is 4.45. The minimum absolute atomic E-state index is 0.000663. The summed E-state index contributed by atoms with van der Waals surface area (Å²) >= 11 is 4.39. The van der Waals surface area contributed by atoms with Crippen molar-refractivity contribution in [3.63, 3.8) is 0 Å². The molecule has 1 saturated heterocycles. The fourth-order valence-corrected chi connectivity index (χ4v) is 2.44. The third-order valence-electron chi connectivity index (χ3n) is 3.38. The molecule has 1 aromatic carbocycles. The molecule has 0 bridgehead atoms. The van der Waals surface area contributed by atoms with Gasteiger partial charge < -0.3 is 9.64 Å². The molecular formula is C14H17N3O4S. The molecule has 118 valence electrons. The predicted octanol–water partition coefficient (Wildman–Crippen LogP) is 2.65. The highest BCUT2D eigenvalue weighted by Gasteiger charge is 2.20. The van der Waals surface area contributed by atoms with E-state index in [0.717, 1.165) is 19.5 Å². The molecule has 1 heterocycles. The van der Waals surface area contributed by atoms with Crippen LogP contribution in [0.4, 0.5) is 10.5 Å². The summed E-state index contributed by atoms with van der Waals surface area (Å²) in [6.45, 7) is 3.40. The van der Waals surface area contributed by atoms with Gasteiger partial charge in [-0.1, -0.05) is 0 Å². The van der Waals surface area contributed by atoms with Crippen LogP contribution in [-0.4, -0.2) is 40.1 Å². The zero-order chi connectivity index (χ0) is 16.1. The van der Waals surface area contributed by atoms with E-state index in [1.165, 1.54) is 12.1 Å². The normalized spacial score (nSPS) is 18.4. The number of amidine groups is 1. The van der Waals surface area contributed by atoms with Crippen molar-refractivity contribution in [3.05, 3.63) is 39.9 Å². The topological polar surface area (TPSA) is 85.0 Å². The van der Waals surface area contributed by atoms with Gasteiger partial charge in [0.2, 0.25) is 0 Å². The molecule has 8 heteroatoms. The van der Waals surface area contributed by atoms with Crippen molar-refractivity contribution >= 4 is 30.2 Å². The largest absolute Gasteiger partial charge is 0.443 e. The average molecular weight is 323 g/mol. The fourth-order valence-electron chi connectivity index (χ4n) is 2.13. The van der Waals surface area contributed by atoms with E-state index in [9.17, 15) is 14.9 Å². The number of carbonyl (C=O) groups excluding carboxylic acids is 1. The van der Waals surface area contributed by atoms with Crippen LogP contribution in [0.25, 0.3) is 0 Å². The first-order chi connectivity index (χ1) is 10.5. The second-order valence-corrected chi connectivity index (χ2v) is 5.76. The summed E-state index contributed by atoms with van der Waals surface area (Å²) < 4.78 is 5.04. The zero-order valence-electron chi connectivity index (χ0n) is 12.1. The quantitative estimate of drug-likeness (QED) is 0.304. The summed E-state index contributed by atoms with van der Waals surface area (Å²) in [5, 5.41) is 10.8. The van der Waals surface area contributed by atoms with Crippen molar-refractivity contribution in [2.45, 2.75) is 25.2 Å². The third-order valence-corrected chi connectivity index (χ3v) is 3.81. The number of nitro groups is 1. The summed E-state index contributed by atoms with van der Waals surface area (Å²) in [6, 6.07) is 5.84. The van der Waals surface area contributed by atoms with Crippen LogP contribution in [-0.2, 0) is 11.3 Å². The number of ether oxygens (including phenoxy) is 1. The number of hydrogen-bond donors (Lipinski definition) is 1. The number of amides is 1. The molecule has 1 fully saturated rings. The number of likely N-dealkylation sites (tertiary alicyclic amines) is 1. The van der Waals surface area contributed by atoms with Gasteiger partial charge in [0, 0.05) is 30.5 Å². The Morgan fingerprint density at radius 3 is 2.73 bits per heavy atom. The van der Waals surface area contributed by atoms with Crippen molar-refractivity contribution in [2.24, 2.45) is 4.99 Å². The van der Waals surface area contributed by atoms with Crippen LogP contribution < -0.4 is 0 Å². The number of non-ortho nitro benzene ring substituents is 1. The Morgan fingerprint density at radius 1 is 1.50 bits per heavy atom. The smallest absolute Gasteiger partial charge is 0.435 e. The highest BCUT2D eigenvalue weighted by Crippen LogP contribution is 2.15. The number of rotatable bonds is 3. The number of nitro benzene ring substituents is 1. The molecular weight excluding hydrogens is 306 g/mol. The molecule has 1 atom stereocenters. The van der Waals surface area contributed by atoms with Gasteiger partial charge in [-0.2, -0.15) is 17.6 Å². The van der Waals surface area contributed by atoms with Gasteiger partial charge in [-0.05, 0) is 31.0 Å². The minimum atomic E-state index is -0.668. The van der Waals surface area contributed by atoms with Crippen molar-refractivity contribution in [1.29, 1.82) is 0 Å². The van der Waals surface area contributed by atoms with Crippen LogP contribution in [0.3, 0.4) is 0 Å². The molecule has 0 saturated carbocycles. The maximum absolute atomic E-state index is 11.7. The molecule has 1 aromatic rings. The minimum Gasteiger partial charge on any atom is -0.443 e. The van der Waals surface area contributed by atoms with E-state index in [2.05, 4.69) is 17.6 Å². The van der Waals surface area contributed by atoms with Crippen molar-refractivity contribution < 1.29 is 14.5 Å². The molecule has 0 radical (unpaired) electrons. The number of thiol groups is 1. The Balaban J connectivity index is 1.85. The average Bonchev–Trinajstić information content (AvgIpc) is 2.92. The molecule has 0 aromatic heterocycles. The maximum atomic E-state index is 11.7. The van der Waals surface area contributed by atoms with Gasteiger partial charge in [-0.25, -0.2) is 4.79 Å². The number of hydrogen-bond acceptors (Lipinski definition) is 5. The van der Waals surface area contributed by atoms with Crippen molar-refractivity contribution in [3.8, 4) is 0 Å². The predicted molar refractivity (Wildman–Crippen MR) is 85.4 cm³/mol. The van der Waals surface area contributed by atoms with Gasteiger partial charge in [0.25, 0.3) is 5.69 Å². The first kappa shape index (κ1) is 16.3. The standard InChI is InChI=1S/C14H17N3O4S/c1-10(16-7-6-13(22)8-16)15-14(18)21-9-11-2-4-12(5-3-11)17(19)20/h2-5,13,22H,6-9H2,1H3/b15-10-/t13-/m0/s1. The first-order valence-electron chi connectivity index (χ1n) is 6.84. The lowest BCUT2D eigenvalue weighted by Crippen LogP contribution is -2.27. The molecule has 7 nitrogen and oxygen atoms in total. The summed E-state index contributed by atoms with van der Waals surface area (Å²) in [6.07, 6.45) is 0.298. The molecule has 1 aliphatic heterocycles. The number of nitrogens with zero attached hydrogens (tertiary/aromatic N) is 3. The highest BCUT2D eigenvalue weighted by atomic mass is 32.1. The number of carbonyl (C=O) groups is 1. The Morgan fingerprint density at radius 2 is 2.18 bits per heavy atom. The van der Waals surface area contributed by atoms with E-state index in [1.54, 1.807) is 19.1 Å². The zero-order valence-corrected chi connectivity index (χ0v) is 13.0. The van der Waals surface area contributed by atoms with Gasteiger partial charge in [0.1, 0.15) is 12.4 Å². The van der Waals surface area contributed by atoms with Gasteiger partial charge >= 0.3 is 6.09 Å². The van der Waals surface area contributed by atoms with Crippen LogP contribution in [0.2, 0.25) is 0 Å². The SMILES string of the molecule is C/C(=N/C(=O)OCc1ccc([N+](=O)[O-])cc1)N1CC[C@H](S)C1. The van der Waals surface area contributed by atoms with Crippen molar-refractivity contribution in [2.75, 3.05) is 13.1 Å². The van der Waals surface area contributed by atoms with Gasteiger partial charge in [0.05, 0.1) is 4.92 Å². The summed E-state index contributed by atoms with van der Waals surface area (Å²) in [5.74, 6) is 0.616. The van der Waals surface area contributed by atoms with Crippen LogP contribution >= 0.6 is 12.6 Å². The summed E-state index contributed by atoms with van der Waals surface area (Å²) in [7, 11) is 0. The molecule has 0 spiro atoms. The second kappa shape index (κ2) is 7.26. The lowest BCUT2D eigenvalue weighted by molar-refractivity contribution is -0.384. The Labute approximate surface area is 133 Å². The molecule has 22 heavy (non-hydrogen) atoms. The Bertz CT molecular complexity index is 588. The van der Waals surface area contributed by atoms with E-state index in [0.29, 0.717) is 16.6 Å². The first-order valence-corrected chi connectivity index (χ1v) is 7.35. The van der Waals surface area contributed by atoms with E-state index in [-0.39, 0.29) is 12.3 Å².